The van der Waals surface area contributed by atoms with Crippen molar-refractivity contribution in [3.63, 3.8) is 0 Å². The number of anilines is 2. The topological polar surface area (TPSA) is 94.2 Å². The molecule has 2 aromatic rings. The minimum absolute atomic E-state index is 0.221. The number of rotatable bonds is 5. The lowest BCUT2D eigenvalue weighted by Crippen LogP contribution is -2.17. The van der Waals surface area contributed by atoms with Gasteiger partial charge in [-0.15, -0.1) is 11.3 Å². The quantitative estimate of drug-likeness (QED) is 0.775. The van der Waals surface area contributed by atoms with Crippen LogP contribution in [0.4, 0.5) is 10.7 Å². The number of ether oxygens (including phenoxy) is 1. The zero-order chi connectivity index (χ0) is 15.6. The number of aromatic nitrogens is 2. The van der Waals surface area contributed by atoms with Crippen LogP contribution in [-0.4, -0.2) is 29.8 Å². The molecule has 0 saturated carbocycles. The third kappa shape index (κ3) is 2.80. The van der Waals surface area contributed by atoms with Crippen LogP contribution in [-0.2, 0) is 13.6 Å². The van der Waals surface area contributed by atoms with Gasteiger partial charge in [0, 0.05) is 31.9 Å². The van der Waals surface area contributed by atoms with E-state index in [2.05, 4.69) is 15.7 Å². The molecule has 0 aliphatic heterocycles. The highest BCUT2D eigenvalue weighted by Crippen LogP contribution is 2.42. The Bertz CT molecular complexity index is 662. The number of nitrogens with zero attached hydrogens (tertiary/aromatic N) is 2. The van der Waals surface area contributed by atoms with Crippen molar-refractivity contribution in [2.45, 2.75) is 13.5 Å². The van der Waals surface area contributed by atoms with Crippen molar-refractivity contribution in [1.82, 2.24) is 15.1 Å². The number of hydrogen-bond donors (Lipinski definition) is 3. The van der Waals surface area contributed by atoms with Gasteiger partial charge >= 0.3 is 0 Å². The number of aryl methyl sites for hydroxylation is 1. The minimum atomic E-state index is -0.221. The van der Waals surface area contributed by atoms with Gasteiger partial charge in [-0.2, -0.15) is 5.10 Å². The van der Waals surface area contributed by atoms with Gasteiger partial charge in [-0.05, 0) is 6.92 Å². The smallest absolute Gasteiger partial charge is 0.263 e. The van der Waals surface area contributed by atoms with E-state index < -0.39 is 0 Å². The molecule has 0 spiro atoms. The summed E-state index contributed by atoms with van der Waals surface area (Å²) in [6.07, 6.45) is 1.81. The van der Waals surface area contributed by atoms with Crippen LogP contribution in [0.2, 0.25) is 0 Å². The number of thiophene rings is 1. The molecule has 0 aliphatic rings. The van der Waals surface area contributed by atoms with E-state index in [0.717, 1.165) is 16.3 Å². The van der Waals surface area contributed by atoms with Crippen LogP contribution in [0.15, 0.2) is 6.20 Å². The van der Waals surface area contributed by atoms with Gasteiger partial charge in [0.1, 0.15) is 15.6 Å². The molecule has 1 amide bonds. The van der Waals surface area contributed by atoms with Crippen molar-refractivity contribution in [2.75, 3.05) is 25.2 Å². The minimum Gasteiger partial charge on any atom is -0.492 e. The molecular weight excluding hydrogens is 290 g/mol. The Hall–Kier alpha value is -2.22. The number of amides is 1. The van der Waals surface area contributed by atoms with Crippen LogP contribution in [0.25, 0.3) is 0 Å². The highest BCUT2D eigenvalue weighted by Gasteiger charge is 2.21. The van der Waals surface area contributed by atoms with E-state index in [0.29, 0.717) is 22.9 Å². The number of nitrogens with one attached hydrogen (secondary N) is 2. The molecule has 4 N–H and O–H groups in total. The molecule has 114 valence electrons. The Kier molecular flexibility index (Phi) is 4.37. The summed E-state index contributed by atoms with van der Waals surface area (Å²) in [6.45, 7) is 2.59. The molecule has 0 bridgehead atoms. The fraction of sp³-hybridized carbons (Fsp3) is 0.385. The fourth-order valence-corrected chi connectivity index (χ4v) is 2.96. The maximum atomic E-state index is 11.8. The van der Waals surface area contributed by atoms with Crippen LogP contribution in [0, 0.1) is 6.92 Å². The van der Waals surface area contributed by atoms with Crippen LogP contribution in [0.3, 0.4) is 0 Å². The molecule has 0 unspecified atom stereocenters. The standard InChI is InChI=1S/C13H19N5O2S/c1-7-8(6-17-18(7)3)5-16-13-10(20-4)9(14)11(21-13)12(19)15-2/h6,16H,5,14H2,1-4H3,(H,15,19). The number of nitrogen functional groups attached to an aromatic ring is 1. The highest BCUT2D eigenvalue weighted by molar-refractivity contribution is 7.19. The molecule has 21 heavy (non-hydrogen) atoms. The van der Waals surface area contributed by atoms with Crippen molar-refractivity contribution in [2.24, 2.45) is 7.05 Å². The molecular formula is C13H19N5O2S. The third-order valence-corrected chi connectivity index (χ3v) is 4.46. The molecule has 0 atom stereocenters. The Labute approximate surface area is 127 Å². The van der Waals surface area contributed by atoms with Crippen molar-refractivity contribution in [1.29, 1.82) is 0 Å². The van der Waals surface area contributed by atoms with Crippen molar-refractivity contribution in [3.8, 4) is 5.75 Å². The maximum Gasteiger partial charge on any atom is 0.263 e. The fourth-order valence-electron chi connectivity index (χ4n) is 1.92. The van der Waals surface area contributed by atoms with Gasteiger partial charge < -0.3 is 21.1 Å². The summed E-state index contributed by atoms with van der Waals surface area (Å²) < 4.78 is 7.11. The summed E-state index contributed by atoms with van der Waals surface area (Å²) in [7, 11) is 5.00. The summed E-state index contributed by atoms with van der Waals surface area (Å²) in [5.74, 6) is 0.279. The first kappa shape index (κ1) is 15.2. The number of carbonyl (C=O) groups excluding carboxylic acids is 1. The lowest BCUT2D eigenvalue weighted by Gasteiger charge is -2.06. The second-order valence-electron chi connectivity index (χ2n) is 4.52. The molecule has 0 aliphatic carbocycles. The van der Waals surface area contributed by atoms with Gasteiger partial charge in [0.15, 0.2) is 5.75 Å². The maximum absolute atomic E-state index is 11.8. The zero-order valence-corrected chi connectivity index (χ0v) is 13.3. The van der Waals surface area contributed by atoms with E-state index in [-0.39, 0.29) is 5.91 Å². The largest absolute Gasteiger partial charge is 0.492 e. The zero-order valence-electron chi connectivity index (χ0n) is 12.5. The van der Waals surface area contributed by atoms with E-state index in [4.69, 9.17) is 10.5 Å². The summed E-state index contributed by atoms with van der Waals surface area (Å²) in [5.41, 5.74) is 8.47. The molecule has 0 fully saturated rings. The summed E-state index contributed by atoms with van der Waals surface area (Å²) >= 11 is 1.27. The van der Waals surface area contributed by atoms with Gasteiger partial charge in [-0.1, -0.05) is 0 Å². The molecule has 2 rings (SSSR count). The lowest BCUT2D eigenvalue weighted by molar-refractivity contribution is 0.0967. The number of methoxy groups -OCH3 is 1. The summed E-state index contributed by atoms with van der Waals surface area (Å²) in [5, 5.41) is 10.8. The Morgan fingerprint density at radius 1 is 1.57 bits per heavy atom. The van der Waals surface area contributed by atoms with E-state index >= 15 is 0 Å². The van der Waals surface area contributed by atoms with Gasteiger partial charge in [-0.25, -0.2) is 0 Å². The first-order valence-corrected chi connectivity index (χ1v) is 7.20. The first-order chi connectivity index (χ1) is 9.99. The van der Waals surface area contributed by atoms with E-state index in [1.54, 1.807) is 7.05 Å². The van der Waals surface area contributed by atoms with E-state index in [9.17, 15) is 4.79 Å². The van der Waals surface area contributed by atoms with Crippen LogP contribution >= 0.6 is 11.3 Å². The van der Waals surface area contributed by atoms with Gasteiger partial charge in [0.2, 0.25) is 0 Å². The monoisotopic (exact) mass is 309 g/mol. The summed E-state index contributed by atoms with van der Waals surface area (Å²) in [6, 6.07) is 0. The van der Waals surface area contributed by atoms with Gasteiger partial charge in [0.25, 0.3) is 5.91 Å². The van der Waals surface area contributed by atoms with E-state index in [1.165, 1.54) is 18.4 Å². The highest BCUT2D eigenvalue weighted by atomic mass is 32.1. The average Bonchev–Trinajstić information content (AvgIpc) is 2.97. The van der Waals surface area contributed by atoms with Crippen molar-refractivity contribution < 1.29 is 9.53 Å². The van der Waals surface area contributed by atoms with Crippen molar-refractivity contribution >= 4 is 27.9 Å². The lowest BCUT2D eigenvalue weighted by atomic mass is 10.2. The number of nitrogens with two attached hydrogens (primary N) is 1. The normalized spacial score (nSPS) is 10.5. The molecule has 0 saturated heterocycles. The van der Waals surface area contributed by atoms with Crippen molar-refractivity contribution in [3.05, 3.63) is 22.3 Å². The van der Waals surface area contributed by atoms with Crippen LogP contribution in [0.5, 0.6) is 5.75 Å². The number of carbonyl (C=O) groups is 1. The molecule has 0 aromatic carbocycles. The molecule has 2 aromatic heterocycles. The van der Waals surface area contributed by atoms with Crippen LogP contribution < -0.4 is 21.1 Å². The Morgan fingerprint density at radius 2 is 2.29 bits per heavy atom. The predicted octanol–water partition coefficient (Wildman–Crippen LogP) is 1.35. The molecule has 8 heteroatoms. The van der Waals surface area contributed by atoms with E-state index in [1.807, 2.05) is 24.9 Å². The average molecular weight is 309 g/mol. The molecule has 7 nitrogen and oxygen atoms in total. The second kappa shape index (κ2) is 6.04. The Balaban J connectivity index is 2.23. The predicted molar refractivity (Wildman–Crippen MR) is 83.9 cm³/mol. The number of hydrogen-bond acceptors (Lipinski definition) is 6. The van der Waals surface area contributed by atoms with Crippen LogP contribution in [0.1, 0.15) is 20.9 Å². The van der Waals surface area contributed by atoms with Gasteiger partial charge in [0.05, 0.1) is 13.3 Å². The molecule has 0 radical (unpaired) electrons. The third-order valence-electron chi connectivity index (χ3n) is 3.31. The SMILES string of the molecule is CNC(=O)c1sc(NCc2cnn(C)c2C)c(OC)c1N. The summed E-state index contributed by atoms with van der Waals surface area (Å²) in [4.78, 5) is 12.2. The second-order valence-corrected chi connectivity index (χ2v) is 5.54. The van der Waals surface area contributed by atoms with Gasteiger partial charge in [-0.3, -0.25) is 9.48 Å². The Morgan fingerprint density at radius 3 is 2.81 bits per heavy atom. The molecule has 2 heterocycles. The first-order valence-electron chi connectivity index (χ1n) is 6.39.